The van der Waals surface area contributed by atoms with Gasteiger partial charge in [-0.3, -0.25) is 9.59 Å². The van der Waals surface area contributed by atoms with Gasteiger partial charge in [0, 0.05) is 12.1 Å². The van der Waals surface area contributed by atoms with Crippen LogP contribution in [-0.2, 0) is 9.59 Å². The molecule has 2 aliphatic rings. The molecule has 6 nitrogen and oxygen atoms in total. The van der Waals surface area contributed by atoms with Gasteiger partial charge in [0.15, 0.2) is 6.54 Å². The van der Waals surface area contributed by atoms with Gasteiger partial charge in [-0.15, -0.1) is 13.2 Å². The summed E-state index contributed by atoms with van der Waals surface area (Å²) in [4.78, 5) is 27.6. The first-order valence-electron chi connectivity index (χ1n) is 10.6. The number of hydrogen-bond acceptors (Lipinski definition) is 3. The normalized spacial score (nSPS) is 18.4. The zero-order valence-electron chi connectivity index (χ0n) is 17.0. The third-order valence-corrected chi connectivity index (χ3v) is 5.85. The van der Waals surface area contributed by atoms with E-state index in [1.165, 1.54) is 37.8 Å². The van der Waals surface area contributed by atoms with E-state index in [2.05, 4.69) is 10.1 Å². The zero-order chi connectivity index (χ0) is 21.6. The molecule has 1 aliphatic heterocycles. The molecular formula is C21H29F3N3O3+. The van der Waals surface area contributed by atoms with Crippen molar-refractivity contribution in [1.29, 1.82) is 0 Å². The second-order valence-corrected chi connectivity index (χ2v) is 8.12. The number of piperazine rings is 1. The number of quaternary nitrogens is 1. The number of ether oxygens (including phenoxy) is 1. The summed E-state index contributed by atoms with van der Waals surface area (Å²) in [7, 11) is 0. The molecule has 0 bridgehead atoms. The molecule has 0 atom stereocenters. The molecule has 0 radical (unpaired) electrons. The van der Waals surface area contributed by atoms with E-state index in [0.29, 0.717) is 44.2 Å². The minimum Gasteiger partial charge on any atom is -0.406 e. The van der Waals surface area contributed by atoms with Crippen LogP contribution in [0.4, 0.5) is 18.9 Å². The number of amides is 2. The lowest BCUT2D eigenvalue weighted by atomic mass is 10.0. The lowest BCUT2D eigenvalue weighted by Gasteiger charge is -2.32. The second kappa shape index (κ2) is 10.1. The monoisotopic (exact) mass is 428 g/mol. The standard InChI is InChI=1S/C21H28F3N3O3/c22-21(23,24)30-18-8-6-17(7-9-18)25-19(28)15-26-11-13-27(14-12-26)20(29)10-5-16-3-1-2-4-16/h6-9,16H,1-5,10-15H2,(H,25,28)/p+1. The Morgan fingerprint density at radius 3 is 2.33 bits per heavy atom. The van der Waals surface area contributed by atoms with Crippen LogP contribution < -0.4 is 15.0 Å². The van der Waals surface area contributed by atoms with E-state index >= 15 is 0 Å². The highest BCUT2D eigenvalue weighted by Crippen LogP contribution is 2.28. The first kappa shape index (κ1) is 22.4. The number of anilines is 1. The van der Waals surface area contributed by atoms with Crippen LogP contribution in [0.5, 0.6) is 5.75 Å². The molecule has 0 aromatic heterocycles. The molecule has 2 N–H and O–H groups in total. The maximum atomic E-state index is 12.4. The third kappa shape index (κ3) is 7.19. The lowest BCUT2D eigenvalue weighted by Crippen LogP contribution is -3.15. The summed E-state index contributed by atoms with van der Waals surface area (Å²) in [6, 6.07) is 5.06. The van der Waals surface area contributed by atoms with Crippen molar-refractivity contribution in [3.8, 4) is 5.75 Å². The topological polar surface area (TPSA) is 63.1 Å². The fraction of sp³-hybridized carbons (Fsp3) is 0.619. The van der Waals surface area contributed by atoms with Gasteiger partial charge in [0.05, 0.1) is 26.2 Å². The van der Waals surface area contributed by atoms with Gasteiger partial charge in [-0.25, -0.2) is 0 Å². The highest BCUT2D eigenvalue weighted by molar-refractivity contribution is 5.91. The van der Waals surface area contributed by atoms with Gasteiger partial charge >= 0.3 is 6.36 Å². The molecule has 2 fully saturated rings. The van der Waals surface area contributed by atoms with E-state index in [1.807, 2.05) is 4.90 Å². The number of carbonyl (C=O) groups is 2. The summed E-state index contributed by atoms with van der Waals surface area (Å²) >= 11 is 0. The van der Waals surface area contributed by atoms with Crippen LogP contribution in [0.1, 0.15) is 38.5 Å². The maximum Gasteiger partial charge on any atom is 0.573 e. The van der Waals surface area contributed by atoms with Gasteiger partial charge in [0.1, 0.15) is 5.75 Å². The molecule has 166 valence electrons. The summed E-state index contributed by atoms with van der Waals surface area (Å²) in [5.41, 5.74) is 0.412. The molecule has 0 spiro atoms. The van der Waals surface area contributed by atoms with E-state index in [4.69, 9.17) is 0 Å². The Morgan fingerprint density at radius 1 is 1.10 bits per heavy atom. The SMILES string of the molecule is O=C(C[NH+]1CCN(C(=O)CCC2CCCC2)CC1)Nc1ccc(OC(F)(F)F)cc1. The van der Waals surface area contributed by atoms with Crippen molar-refractivity contribution in [3.05, 3.63) is 24.3 Å². The van der Waals surface area contributed by atoms with Crippen LogP contribution >= 0.6 is 0 Å². The van der Waals surface area contributed by atoms with Crippen molar-refractivity contribution < 1.29 is 32.4 Å². The van der Waals surface area contributed by atoms with Gasteiger partial charge in [-0.2, -0.15) is 0 Å². The molecule has 0 unspecified atom stereocenters. The van der Waals surface area contributed by atoms with Gasteiger partial charge in [-0.1, -0.05) is 25.7 Å². The smallest absolute Gasteiger partial charge is 0.406 e. The Morgan fingerprint density at radius 2 is 1.73 bits per heavy atom. The highest BCUT2D eigenvalue weighted by atomic mass is 19.4. The molecule has 2 amide bonds. The predicted molar refractivity (Wildman–Crippen MR) is 105 cm³/mol. The fourth-order valence-electron chi connectivity index (χ4n) is 4.21. The number of benzene rings is 1. The average Bonchev–Trinajstić information content (AvgIpc) is 3.21. The molecule has 1 heterocycles. The van der Waals surface area contributed by atoms with Crippen LogP contribution in [0.2, 0.25) is 0 Å². The largest absolute Gasteiger partial charge is 0.573 e. The van der Waals surface area contributed by atoms with E-state index in [0.717, 1.165) is 23.5 Å². The fourth-order valence-corrected chi connectivity index (χ4v) is 4.21. The minimum absolute atomic E-state index is 0.213. The number of nitrogens with zero attached hydrogens (tertiary/aromatic N) is 1. The molecule has 30 heavy (non-hydrogen) atoms. The Kier molecular flexibility index (Phi) is 7.58. The number of rotatable bonds is 7. The van der Waals surface area contributed by atoms with Crippen molar-refractivity contribution in [3.63, 3.8) is 0 Å². The number of nitrogens with one attached hydrogen (secondary N) is 2. The molecule has 3 rings (SSSR count). The minimum atomic E-state index is -4.74. The van der Waals surface area contributed by atoms with Gasteiger partial charge in [-0.05, 0) is 36.6 Å². The van der Waals surface area contributed by atoms with Crippen molar-refractivity contribution >= 4 is 17.5 Å². The molecular weight excluding hydrogens is 399 g/mol. The van der Waals surface area contributed by atoms with Gasteiger partial charge < -0.3 is 19.9 Å². The van der Waals surface area contributed by atoms with Crippen molar-refractivity contribution in [2.45, 2.75) is 44.9 Å². The molecule has 1 aromatic carbocycles. The Balaban J connectivity index is 1.36. The van der Waals surface area contributed by atoms with E-state index in [9.17, 15) is 22.8 Å². The van der Waals surface area contributed by atoms with E-state index in [-0.39, 0.29) is 24.1 Å². The average molecular weight is 428 g/mol. The summed E-state index contributed by atoms with van der Waals surface area (Å²) in [6.07, 6.45) is 1.93. The van der Waals surface area contributed by atoms with Crippen molar-refractivity contribution in [2.75, 3.05) is 38.0 Å². The number of halogens is 3. The molecule has 1 saturated carbocycles. The molecule has 1 aromatic rings. The first-order chi connectivity index (χ1) is 14.3. The summed E-state index contributed by atoms with van der Waals surface area (Å²) in [5.74, 6) is 0.376. The quantitative estimate of drug-likeness (QED) is 0.700. The van der Waals surface area contributed by atoms with Gasteiger partial charge in [0.25, 0.3) is 5.91 Å². The summed E-state index contributed by atoms with van der Waals surface area (Å²) in [6.45, 7) is 2.97. The highest BCUT2D eigenvalue weighted by Gasteiger charge is 2.31. The van der Waals surface area contributed by atoms with Crippen LogP contribution in [0.3, 0.4) is 0 Å². The van der Waals surface area contributed by atoms with E-state index in [1.54, 1.807) is 0 Å². The van der Waals surface area contributed by atoms with Crippen LogP contribution in [0, 0.1) is 5.92 Å². The Hall–Kier alpha value is -2.29. The number of hydrogen-bond donors (Lipinski definition) is 2. The van der Waals surface area contributed by atoms with Crippen molar-refractivity contribution in [1.82, 2.24) is 4.90 Å². The number of alkyl halides is 3. The van der Waals surface area contributed by atoms with Crippen LogP contribution in [-0.4, -0.2) is 55.8 Å². The van der Waals surface area contributed by atoms with Crippen molar-refractivity contribution in [2.24, 2.45) is 5.92 Å². The summed E-state index contributed by atoms with van der Waals surface area (Å²) in [5, 5.41) is 2.69. The molecule has 1 saturated heterocycles. The van der Waals surface area contributed by atoms with E-state index < -0.39 is 6.36 Å². The Labute approximate surface area is 174 Å². The number of carbonyl (C=O) groups excluding carboxylic acids is 2. The van der Waals surface area contributed by atoms with Crippen LogP contribution in [0.25, 0.3) is 0 Å². The molecule has 1 aliphatic carbocycles. The molecule has 9 heteroatoms. The Bertz CT molecular complexity index is 710. The lowest BCUT2D eigenvalue weighted by molar-refractivity contribution is -0.895. The zero-order valence-corrected chi connectivity index (χ0v) is 17.0. The maximum absolute atomic E-state index is 12.4. The third-order valence-electron chi connectivity index (χ3n) is 5.85. The van der Waals surface area contributed by atoms with Crippen LogP contribution in [0.15, 0.2) is 24.3 Å². The second-order valence-electron chi connectivity index (χ2n) is 8.12. The first-order valence-corrected chi connectivity index (χ1v) is 10.6. The summed E-state index contributed by atoms with van der Waals surface area (Å²) < 4.78 is 40.4. The van der Waals surface area contributed by atoms with Gasteiger partial charge in [0.2, 0.25) is 5.91 Å². The predicted octanol–water partition coefficient (Wildman–Crippen LogP) is 2.22.